The fraction of sp³-hybridized carbons (Fsp3) is 0.375. The predicted octanol–water partition coefficient (Wildman–Crippen LogP) is 2.39. The van der Waals surface area contributed by atoms with Crippen molar-refractivity contribution in [2.75, 3.05) is 11.9 Å². The van der Waals surface area contributed by atoms with Crippen LogP contribution in [0.5, 0.6) is 0 Å². The number of carbonyl (C=O) groups excluding carboxylic acids is 1. The number of benzene rings is 1. The summed E-state index contributed by atoms with van der Waals surface area (Å²) < 4.78 is 0. The SMILES string of the molecule is NC[C@H]1CCC[C@H]1C(=O)Nc1cccc(-c2ccn[nH]2)c1. The second-order valence-corrected chi connectivity index (χ2v) is 5.57. The van der Waals surface area contributed by atoms with Crippen molar-refractivity contribution in [3.63, 3.8) is 0 Å². The number of aromatic amines is 1. The Hall–Kier alpha value is -2.14. The fourth-order valence-electron chi connectivity index (χ4n) is 3.08. The minimum atomic E-state index is 0.0470. The molecule has 1 aliphatic carbocycles. The predicted molar refractivity (Wildman–Crippen MR) is 82.5 cm³/mol. The molecule has 1 fully saturated rings. The molecule has 110 valence electrons. The Morgan fingerprint density at radius 1 is 1.38 bits per heavy atom. The van der Waals surface area contributed by atoms with E-state index in [-0.39, 0.29) is 11.8 Å². The van der Waals surface area contributed by atoms with Crippen LogP contribution in [0.2, 0.25) is 0 Å². The Morgan fingerprint density at radius 3 is 3.05 bits per heavy atom. The van der Waals surface area contributed by atoms with Crippen LogP contribution in [-0.2, 0) is 4.79 Å². The summed E-state index contributed by atoms with van der Waals surface area (Å²) in [5.74, 6) is 0.455. The van der Waals surface area contributed by atoms with E-state index in [1.165, 1.54) is 0 Å². The number of nitrogens with two attached hydrogens (primary N) is 1. The van der Waals surface area contributed by atoms with Gasteiger partial charge in [0.05, 0.1) is 5.69 Å². The van der Waals surface area contributed by atoms with Crippen LogP contribution in [-0.4, -0.2) is 22.6 Å². The minimum absolute atomic E-state index is 0.0470. The van der Waals surface area contributed by atoms with Gasteiger partial charge in [0.25, 0.3) is 0 Å². The van der Waals surface area contributed by atoms with Gasteiger partial charge in [-0.2, -0.15) is 5.10 Å². The van der Waals surface area contributed by atoms with Gasteiger partial charge in [-0.25, -0.2) is 0 Å². The largest absolute Gasteiger partial charge is 0.330 e. The molecule has 0 spiro atoms. The van der Waals surface area contributed by atoms with E-state index in [1.807, 2.05) is 30.3 Å². The van der Waals surface area contributed by atoms with Crippen LogP contribution in [0.25, 0.3) is 11.3 Å². The van der Waals surface area contributed by atoms with E-state index in [9.17, 15) is 4.79 Å². The van der Waals surface area contributed by atoms with E-state index in [1.54, 1.807) is 6.20 Å². The van der Waals surface area contributed by atoms with Gasteiger partial charge in [-0.1, -0.05) is 18.6 Å². The van der Waals surface area contributed by atoms with Crippen molar-refractivity contribution in [2.45, 2.75) is 19.3 Å². The standard InChI is InChI=1S/C16H20N4O/c17-10-12-4-2-6-14(12)16(21)19-13-5-1-3-11(9-13)15-7-8-18-20-15/h1,3,5,7-9,12,14H,2,4,6,10,17H2,(H,18,20)(H,19,21)/t12-,14-/m1/s1. The summed E-state index contributed by atoms with van der Waals surface area (Å²) in [5.41, 5.74) is 8.51. The van der Waals surface area contributed by atoms with Crippen molar-refractivity contribution in [2.24, 2.45) is 17.6 Å². The van der Waals surface area contributed by atoms with Crippen LogP contribution in [0.1, 0.15) is 19.3 Å². The molecular weight excluding hydrogens is 264 g/mol. The molecule has 1 saturated carbocycles. The van der Waals surface area contributed by atoms with Crippen molar-refractivity contribution in [1.29, 1.82) is 0 Å². The highest BCUT2D eigenvalue weighted by atomic mass is 16.1. The average molecular weight is 284 g/mol. The Bertz CT molecular complexity index is 608. The average Bonchev–Trinajstić information content (AvgIpc) is 3.18. The van der Waals surface area contributed by atoms with Crippen LogP contribution < -0.4 is 11.1 Å². The lowest BCUT2D eigenvalue weighted by molar-refractivity contribution is -0.120. The highest BCUT2D eigenvalue weighted by Gasteiger charge is 2.31. The molecule has 4 N–H and O–H groups in total. The molecule has 2 atom stereocenters. The molecule has 1 aromatic heterocycles. The summed E-state index contributed by atoms with van der Waals surface area (Å²) in [7, 11) is 0. The number of rotatable bonds is 4. The molecule has 1 aliphatic rings. The third kappa shape index (κ3) is 2.97. The smallest absolute Gasteiger partial charge is 0.227 e. The van der Waals surface area contributed by atoms with Gasteiger partial charge < -0.3 is 11.1 Å². The molecule has 3 rings (SSSR count). The molecule has 1 heterocycles. The van der Waals surface area contributed by atoms with Crippen LogP contribution in [0.4, 0.5) is 5.69 Å². The highest BCUT2D eigenvalue weighted by molar-refractivity contribution is 5.93. The monoisotopic (exact) mass is 284 g/mol. The first kappa shape index (κ1) is 13.8. The fourth-order valence-corrected chi connectivity index (χ4v) is 3.08. The Labute approximate surface area is 123 Å². The quantitative estimate of drug-likeness (QED) is 0.806. The van der Waals surface area contributed by atoms with Gasteiger partial charge in [-0.15, -0.1) is 0 Å². The zero-order valence-corrected chi connectivity index (χ0v) is 11.9. The number of H-pyrrole nitrogens is 1. The van der Waals surface area contributed by atoms with Crippen molar-refractivity contribution < 1.29 is 4.79 Å². The van der Waals surface area contributed by atoms with Gasteiger partial charge in [0.1, 0.15) is 0 Å². The third-order valence-corrected chi connectivity index (χ3v) is 4.24. The zero-order chi connectivity index (χ0) is 14.7. The molecule has 0 unspecified atom stereocenters. The zero-order valence-electron chi connectivity index (χ0n) is 11.9. The van der Waals surface area contributed by atoms with Crippen molar-refractivity contribution in [3.8, 4) is 11.3 Å². The van der Waals surface area contributed by atoms with Gasteiger partial charge in [0.15, 0.2) is 0 Å². The topological polar surface area (TPSA) is 83.8 Å². The molecular formula is C16H20N4O. The maximum Gasteiger partial charge on any atom is 0.227 e. The van der Waals surface area contributed by atoms with Gasteiger partial charge in [-0.3, -0.25) is 9.89 Å². The maximum absolute atomic E-state index is 12.4. The number of aromatic nitrogens is 2. The van der Waals surface area contributed by atoms with Crippen LogP contribution >= 0.6 is 0 Å². The molecule has 0 saturated heterocycles. The number of nitrogens with one attached hydrogen (secondary N) is 2. The number of hydrogen-bond donors (Lipinski definition) is 3. The number of carbonyl (C=O) groups is 1. The number of amides is 1. The lowest BCUT2D eigenvalue weighted by Gasteiger charge is -2.17. The Balaban J connectivity index is 1.73. The summed E-state index contributed by atoms with van der Waals surface area (Å²) in [6.45, 7) is 0.590. The van der Waals surface area contributed by atoms with Crippen LogP contribution in [0.3, 0.4) is 0 Å². The van der Waals surface area contributed by atoms with Crippen molar-refractivity contribution in [1.82, 2.24) is 10.2 Å². The first-order valence-corrected chi connectivity index (χ1v) is 7.38. The van der Waals surface area contributed by atoms with E-state index >= 15 is 0 Å². The second kappa shape index (κ2) is 6.10. The van der Waals surface area contributed by atoms with Crippen LogP contribution in [0, 0.1) is 11.8 Å². The van der Waals surface area contributed by atoms with E-state index in [2.05, 4.69) is 15.5 Å². The molecule has 1 amide bonds. The third-order valence-electron chi connectivity index (χ3n) is 4.24. The minimum Gasteiger partial charge on any atom is -0.330 e. The summed E-state index contributed by atoms with van der Waals surface area (Å²) in [5, 5.41) is 9.89. The summed E-state index contributed by atoms with van der Waals surface area (Å²) in [6, 6.07) is 9.69. The molecule has 1 aromatic carbocycles. The lowest BCUT2D eigenvalue weighted by Crippen LogP contribution is -2.29. The van der Waals surface area contributed by atoms with Crippen molar-refractivity contribution in [3.05, 3.63) is 36.5 Å². The summed E-state index contributed by atoms with van der Waals surface area (Å²) >= 11 is 0. The summed E-state index contributed by atoms with van der Waals surface area (Å²) in [4.78, 5) is 12.4. The molecule has 0 bridgehead atoms. The Kier molecular flexibility index (Phi) is 4.01. The van der Waals surface area contributed by atoms with Gasteiger partial charge in [0.2, 0.25) is 5.91 Å². The molecule has 2 aromatic rings. The molecule has 0 radical (unpaired) electrons. The number of anilines is 1. The highest BCUT2D eigenvalue weighted by Crippen LogP contribution is 2.32. The molecule has 0 aliphatic heterocycles. The lowest BCUT2D eigenvalue weighted by atomic mass is 9.95. The van der Waals surface area contributed by atoms with Crippen LogP contribution in [0.15, 0.2) is 36.5 Å². The maximum atomic E-state index is 12.4. The number of hydrogen-bond acceptors (Lipinski definition) is 3. The van der Waals surface area contributed by atoms with Gasteiger partial charge >= 0.3 is 0 Å². The molecule has 21 heavy (non-hydrogen) atoms. The van der Waals surface area contributed by atoms with E-state index < -0.39 is 0 Å². The van der Waals surface area contributed by atoms with Gasteiger partial charge in [0, 0.05) is 23.4 Å². The Morgan fingerprint density at radius 2 is 2.29 bits per heavy atom. The second-order valence-electron chi connectivity index (χ2n) is 5.57. The molecule has 5 heteroatoms. The summed E-state index contributed by atoms with van der Waals surface area (Å²) in [6.07, 6.45) is 4.80. The van der Waals surface area contributed by atoms with E-state index in [0.717, 1.165) is 36.2 Å². The number of nitrogens with zero attached hydrogens (tertiary/aromatic N) is 1. The molecule has 5 nitrogen and oxygen atoms in total. The van der Waals surface area contributed by atoms with E-state index in [4.69, 9.17) is 5.73 Å². The first-order valence-electron chi connectivity index (χ1n) is 7.38. The van der Waals surface area contributed by atoms with Crippen molar-refractivity contribution >= 4 is 11.6 Å². The van der Waals surface area contributed by atoms with E-state index in [0.29, 0.717) is 12.5 Å². The van der Waals surface area contributed by atoms with Gasteiger partial charge in [-0.05, 0) is 43.5 Å². The first-order chi connectivity index (χ1) is 10.3. The normalized spacial score (nSPS) is 21.4.